The maximum Gasteiger partial charge on any atom is 0.255 e. The molecule has 1 N–H and O–H groups in total. The van der Waals surface area contributed by atoms with Crippen molar-refractivity contribution in [2.24, 2.45) is 0 Å². The first kappa shape index (κ1) is 10.7. The van der Waals surface area contributed by atoms with Gasteiger partial charge >= 0.3 is 0 Å². The minimum Gasteiger partial charge on any atom is -0.384 e. The van der Waals surface area contributed by atoms with Gasteiger partial charge in [0.2, 0.25) is 0 Å². The van der Waals surface area contributed by atoms with Crippen LogP contribution < -0.4 is 5.32 Å². The van der Waals surface area contributed by atoms with Crippen LogP contribution in [0.15, 0.2) is 24.3 Å². The zero-order valence-corrected chi connectivity index (χ0v) is 9.78. The van der Waals surface area contributed by atoms with Crippen molar-refractivity contribution in [3.63, 3.8) is 0 Å². The second kappa shape index (κ2) is 3.79. The Kier molecular flexibility index (Phi) is 2.39. The van der Waals surface area contributed by atoms with Gasteiger partial charge in [-0.2, -0.15) is 0 Å². The van der Waals surface area contributed by atoms with Gasteiger partial charge in [-0.25, -0.2) is 0 Å². The molecule has 1 atom stereocenters. The Hall–Kier alpha value is -1.45. The zero-order valence-electron chi connectivity index (χ0n) is 9.78. The molecule has 1 saturated heterocycles. The number of anilines is 1. The number of nitrogens with one attached hydrogen (secondary N) is 1. The van der Waals surface area contributed by atoms with Crippen LogP contribution in [0.2, 0.25) is 0 Å². The first-order valence-electron chi connectivity index (χ1n) is 6.14. The highest BCUT2D eigenvalue weighted by Crippen LogP contribution is 2.34. The Balaban J connectivity index is 2.05. The third-order valence-corrected chi connectivity index (χ3v) is 3.80. The summed E-state index contributed by atoms with van der Waals surface area (Å²) in [6.07, 6.45) is 2.72. The number of carbonyl (C=O) groups excluding carboxylic acids is 1. The molecule has 2 aliphatic rings. The van der Waals surface area contributed by atoms with Crippen LogP contribution in [0, 0.1) is 0 Å². The van der Waals surface area contributed by atoms with Crippen LogP contribution >= 0.6 is 0 Å². The molecule has 0 saturated carbocycles. The fourth-order valence-electron chi connectivity index (χ4n) is 2.85. The van der Waals surface area contributed by atoms with Gasteiger partial charge in [-0.05, 0) is 31.4 Å². The van der Waals surface area contributed by atoms with Crippen LogP contribution in [-0.4, -0.2) is 37.2 Å². The van der Waals surface area contributed by atoms with Gasteiger partial charge in [0.25, 0.3) is 5.91 Å². The number of nitrogens with zero attached hydrogens (tertiary/aromatic N) is 1. The molecule has 1 amide bonds. The summed E-state index contributed by atoms with van der Waals surface area (Å²) in [6, 6.07) is 7.66. The predicted molar refractivity (Wildman–Crippen MR) is 68.3 cm³/mol. The Morgan fingerprint density at radius 2 is 2.12 bits per heavy atom. The van der Waals surface area contributed by atoms with Crippen LogP contribution in [0.25, 0.3) is 0 Å². The lowest BCUT2D eigenvalue weighted by atomic mass is 9.72. The van der Waals surface area contributed by atoms with Crippen LogP contribution in [-0.2, 0) is 0 Å². The standard InChI is InChI=1S/C13H15BN2O/c14-13-6-3-9-16(13)12(17)10-4-1-2-5-11(10)15-8-7-13/h1-2,4-5,15H,3,6-9H2. The first-order chi connectivity index (χ1) is 8.21. The maximum absolute atomic E-state index is 12.5. The number of carbonyl (C=O) groups is 1. The Morgan fingerprint density at radius 3 is 3.00 bits per heavy atom. The van der Waals surface area contributed by atoms with Gasteiger partial charge in [0, 0.05) is 24.2 Å². The molecule has 1 unspecified atom stereocenters. The van der Waals surface area contributed by atoms with E-state index in [2.05, 4.69) is 5.32 Å². The van der Waals surface area contributed by atoms with Gasteiger partial charge in [-0.3, -0.25) is 4.79 Å². The van der Waals surface area contributed by atoms with Crippen molar-refractivity contribution >= 4 is 19.4 Å². The first-order valence-corrected chi connectivity index (χ1v) is 6.14. The maximum atomic E-state index is 12.5. The summed E-state index contributed by atoms with van der Waals surface area (Å²) >= 11 is 0. The summed E-state index contributed by atoms with van der Waals surface area (Å²) in [4.78, 5) is 14.3. The highest BCUT2D eigenvalue weighted by Gasteiger charge is 2.40. The van der Waals surface area contributed by atoms with E-state index in [1.807, 2.05) is 29.2 Å². The normalized spacial score (nSPS) is 27.8. The SMILES string of the molecule is [B]C12CCCN1C(=O)c1ccccc1NCC2. The molecule has 0 bridgehead atoms. The van der Waals surface area contributed by atoms with Gasteiger partial charge in [-0.1, -0.05) is 12.1 Å². The predicted octanol–water partition coefficient (Wildman–Crippen LogP) is 1.60. The molecule has 4 heteroatoms. The molecular formula is C13H15BN2O. The molecule has 17 heavy (non-hydrogen) atoms. The van der Waals surface area contributed by atoms with Crippen molar-refractivity contribution in [1.82, 2.24) is 4.90 Å². The smallest absolute Gasteiger partial charge is 0.255 e. The highest BCUT2D eigenvalue weighted by molar-refractivity contribution is 6.18. The van der Waals surface area contributed by atoms with E-state index >= 15 is 0 Å². The van der Waals surface area contributed by atoms with Crippen molar-refractivity contribution in [1.29, 1.82) is 0 Å². The molecular weight excluding hydrogens is 211 g/mol. The quantitative estimate of drug-likeness (QED) is 0.681. The minimum absolute atomic E-state index is 0.0628. The van der Waals surface area contributed by atoms with E-state index in [-0.39, 0.29) is 5.91 Å². The van der Waals surface area contributed by atoms with Crippen LogP contribution in [0.1, 0.15) is 29.6 Å². The molecule has 1 aromatic carbocycles. The molecule has 2 aliphatic heterocycles. The van der Waals surface area contributed by atoms with Gasteiger partial charge in [0.1, 0.15) is 7.85 Å². The second-order valence-electron chi connectivity index (χ2n) is 4.89. The molecule has 3 rings (SSSR count). The number of benzene rings is 1. The molecule has 0 aromatic heterocycles. The number of rotatable bonds is 0. The molecule has 3 nitrogen and oxygen atoms in total. The fourth-order valence-corrected chi connectivity index (χ4v) is 2.85. The van der Waals surface area contributed by atoms with Crippen molar-refractivity contribution in [3.05, 3.63) is 29.8 Å². The monoisotopic (exact) mass is 226 g/mol. The average Bonchev–Trinajstić information content (AvgIpc) is 2.69. The molecule has 1 fully saturated rings. The van der Waals surface area contributed by atoms with Gasteiger partial charge in [0.15, 0.2) is 0 Å². The molecule has 2 heterocycles. The highest BCUT2D eigenvalue weighted by atomic mass is 16.2. The Morgan fingerprint density at radius 1 is 1.29 bits per heavy atom. The van der Waals surface area contributed by atoms with Crippen molar-refractivity contribution < 1.29 is 4.79 Å². The summed E-state index contributed by atoms with van der Waals surface area (Å²) in [6.45, 7) is 1.60. The number of amides is 1. The fraction of sp³-hybridized carbons (Fsp3) is 0.462. The second-order valence-corrected chi connectivity index (χ2v) is 4.89. The largest absolute Gasteiger partial charge is 0.384 e. The van der Waals surface area contributed by atoms with E-state index in [9.17, 15) is 4.79 Å². The molecule has 0 aliphatic carbocycles. The summed E-state index contributed by atoms with van der Waals surface area (Å²) in [7, 11) is 6.35. The van der Waals surface area contributed by atoms with Crippen molar-refractivity contribution in [2.45, 2.75) is 24.7 Å². The van der Waals surface area contributed by atoms with Crippen molar-refractivity contribution in [3.8, 4) is 0 Å². The third-order valence-electron chi connectivity index (χ3n) is 3.80. The Labute approximate surface area is 103 Å². The average molecular weight is 226 g/mol. The third kappa shape index (κ3) is 1.63. The van der Waals surface area contributed by atoms with Gasteiger partial charge in [-0.15, -0.1) is 0 Å². The van der Waals surface area contributed by atoms with E-state index in [1.165, 1.54) is 0 Å². The van der Waals surface area contributed by atoms with E-state index in [0.29, 0.717) is 0 Å². The summed E-state index contributed by atoms with van der Waals surface area (Å²) < 4.78 is 0. The number of para-hydroxylation sites is 1. The van der Waals surface area contributed by atoms with Crippen LogP contribution in [0.4, 0.5) is 5.69 Å². The zero-order chi connectivity index (χ0) is 11.9. The van der Waals surface area contributed by atoms with E-state index in [4.69, 9.17) is 7.85 Å². The van der Waals surface area contributed by atoms with E-state index in [1.54, 1.807) is 0 Å². The summed E-state index contributed by atoms with van der Waals surface area (Å²) in [5.41, 5.74) is 1.22. The molecule has 0 spiro atoms. The molecule has 2 radical (unpaired) electrons. The van der Waals surface area contributed by atoms with E-state index in [0.717, 1.165) is 43.6 Å². The van der Waals surface area contributed by atoms with Crippen LogP contribution in [0.3, 0.4) is 0 Å². The number of hydrogen-bond donors (Lipinski definition) is 1. The topological polar surface area (TPSA) is 32.3 Å². The summed E-state index contributed by atoms with van der Waals surface area (Å²) in [5.74, 6) is 0.0628. The van der Waals surface area contributed by atoms with Crippen molar-refractivity contribution in [2.75, 3.05) is 18.4 Å². The number of fused-ring (bicyclic) bond motifs is 2. The van der Waals surface area contributed by atoms with Gasteiger partial charge in [0.05, 0.1) is 5.56 Å². The number of hydrogen-bond acceptors (Lipinski definition) is 2. The minimum atomic E-state index is -0.447. The van der Waals surface area contributed by atoms with E-state index < -0.39 is 5.44 Å². The molecule has 86 valence electrons. The lowest BCUT2D eigenvalue weighted by molar-refractivity contribution is 0.0693. The van der Waals surface area contributed by atoms with Gasteiger partial charge < -0.3 is 10.2 Å². The lowest BCUT2D eigenvalue weighted by Crippen LogP contribution is -2.50. The molecule has 1 aromatic rings. The van der Waals surface area contributed by atoms with Crippen LogP contribution in [0.5, 0.6) is 0 Å². The lowest BCUT2D eigenvalue weighted by Gasteiger charge is -2.38. The summed E-state index contributed by atoms with van der Waals surface area (Å²) in [5, 5.41) is 3.31. The Bertz CT molecular complexity index is 462.